The van der Waals surface area contributed by atoms with Gasteiger partial charge < -0.3 is 69.5 Å². The Morgan fingerprint density at radius 1 is 0.643 bits per heavy atom. The van der Waals surface area contributed by atoms with Gasteiger partial charge in [-0.1, -0.05) is 48.5 Å². The molecular weight excluding hydrogens is 949 g/mol. The number of fused-ring (bicyclic) bond motifs is 1. The number of aliphatic imine (C=N–C) groups is 1. The van der Waals surface area contributed by atoms with Gasteiger partial charge >= 0.3 is 5.97 Å². The molecule has 0 spiro atoms. The lowest BCUT2D eigenvalue weighted by Crippen LogP contribution is -2.61. The molecule has 24 nitrogen and oxygen atoms in total. The average Bonchev–Trinajstić information content (AvgIpc) is 3.99. The number of H-pyrrole nitrogens is 2. The van der Waals surface area contributed by atoms with Crippen LogP contribution in [0.2, 0.25) is 0 Å². The van der Waals surface area contributed by atoms with Crippen molar-refractivity contribution in [2.24, 2.45) is 22.2 Å². The molecule has 0 aliphatic heterocycles. The predicted octanol–water partition coefficient (Wildman–Crippen LogP) is -2.79. The molecule has 26 heteroatoms. The van der Waals surface area contributed by atoms with Gasteiger partial charge in [0.1, 0.15) is 42.3 Å². The number of carbonyl (C=O) groups is 9. The summed E-state index contributed by atoms with van der Waals surface area (Å²) in [6, 6.07) is 5.85. The third kappa shape index (κ3) is 17.5. The van der Waals surface area contributed by atoms with Crippen LogP contribution in [0, 0.1) is 0 Å². The lowest BCUT2D eigenvalue weighted by Gasteiger charge is -2.27. The number of benzene rings is 2. The van der Waals surface area contributed by atoms with Crippen LogP contribution in [-0.2, 0) is 62.4 Å². The van der Waals surface area contributed by atoms with Crippen LogP contribution >= 0.6 is 25.3 Å². The number of hydrogen-bond acceptors (Lipinski definition) is 13. The van der Waals surface area contributed by atoms with Crippen molar-refractivity contribution >= 4 is 95.3 Å². The van der Waals surface area contributed by atoms with E-state index in [-0.39, 0.29) is 56.1 Å². The van der Waals surface area contributed by atoms with Crippen LogP contribution in [0.25, 0.3) is 10.9 Å². The van der Waals surface area contributed by atoms with Crippen LogP contribution in [0.5, 0.6) is 0 Å². The molecule has 0 fully saturated rings. The van der Waals surface area contributed by atoms with Crippen molar-refractivity contribution in [2.45, 2.75) is 87.7 Å². The summed E-state index contributed by atoms with van der Waals surface area (Å²) in [6.07, 6.45) is 2.98. The van der Waals surface area contributed by atoms with Crippen molar-refractivity contribution in [3.63, 3.8) is 0 Å². The van der Waals surface area contributed by atoms with Gasteiger partial charge in [-0.05, 0) is 30.0 Å². The number of para-hydroxylation sites is 1. The predicted molar refractivity (Wildman–Crippen MR) is 263 cm³/mol. The zero-order valence-corrected chi connectivity index (χ0v) is 39.8. The first-order valence-electron chi connectivity index (χ1n) is 21.8. The first kappa shape index (κ1) is 55.0. The lowest BCUT2D eigenvalue weighted by atomic mass is 10.0. The molecule has 2 aromatic carbocycles. The third-order valence-corrected chi connectivity index (χ3v) is 11.3. The SMILES string of the molecule is CC(=O)N[C@@H](CS)C(=O)N[C@@H](CC(=O)O)C(=O)N[C@@H](Cc1cnc[nH]1)C(=O)N[C@H](Cc1ccccc1)C(=O)N[C@@H](CCCN=C(N)N)C(=O)N[C@@H](Cc1c[nH]c2ccccc12)C(=O)N[C@@H](CS)C(N)=O. The number of imidazole rings is 1. The van der Waals surface area contributed by atoms with E-state index in [1.165, 1.54) is 12.5 Å². The normalized spacial score (nSPS) is 13.9. The number of aromatic amines is 2. The molecule has 8 amide bonds. The molecule has 0 aliphatic rings. The maximum Gasteiger partial charge on any atom is 0.305 e. The Morgan fingerprint density at radius 2 is 1.17 bits per heavy atom. The summed E-state index contributed by atoms with van der Waals surface area (Å²) >= 11 is 8.19. The van der Waals surface area contributed by atoms with Gasteiger partial charge in [0, 0.05) is 73.2 Å². The number of carboxylic acids is 1. The fourth-order valence-corrected chi connectivity index (χ4v) is 7.58. The molecule has 0 bridgehead atoms. The lowest BCUT2D eigenvalue weighted by molar-refractivity contribution is -0.141. The highest BCUT2D eigenvalue weighted by molar-refractivity contribution is 7.80. The fraction of sp³-hybridized carbons (Fsp3) is 0.386. The summed E-state index contributed by atoms with van der Waals surface area (Å²) in [4.78, 5) is 134. The van der Waals surface area contributed by atoms with Gasteiger partial charge in [0.2, 0.25) is 47.3 Å². The molecule has 4 rings (SSSR count). The van der Waals surface area contributed by atoms with Crippen LogP contribution in [-0.4, -0.2) is 140 Å². The van der Waals surface area contributed by atoms with Crippen LogP contribution in [0.3, 0.4) is 0 Å². The average molecular weight is 1010 g/mol. The van der Waals surface area contributed by atoms with Crippen molar-refractivity contribution in [3.8, 4) is 0 Å². The minimum absolute atomic E-state index is 0.0362. The molecular formula is C44H58N14O10S2. The molecule has 0 aliphatic carbocycles. The highest BCUT2D eigenvalue weighted by Crippen LogP contribution is 2.20. The Morgan fingerprint density at radius 3 is 1.74 bits per heavy atom. The monoisotopic (exact) mass is 1010 g/mol. The van der Waals surface area contributed by atoms with E-state index in [0.29, 0.717) is 16.8 Å². The highest BCUT2D eigenvalue weighted by Gasteiger charge is 2.35. The van der Waals surface area contributed by atoms with Gasteiger partial charge in [0.15, 0.2) is 5.96 Å². The largest absolute Gasteiger partial charge is 0.481 e. The maximum atomic E-state index is 14.5. The maximum absolute atomic E-state index is 14.5. The number of primary amides is 1. The molecule has 0 saturated carbocycles. The standard InChI is InChI=1S/C44H58N14O10S2/c1-23(59)52-35(21-70)43(68)57-33(17-36(60)61)42(67)56-32(16-26-19-48-22-51-26)41(66)54-30(14-24-8-3-2-4-9-24)39(64)53-29(12-7-13-49-44(46)47)38(63)55-31(40(65)58-34(20-69)37(45)62)15-25-18-50-28-11-6-5-10-27(25)28/h2-6,8-11,18-19,22,29-35,50,69-70H,7,12-17,20-21H2,1H3,(H2,45,62)(H,48,51)(H,52,59)(H,53,64)(H,54,66)(H,55,63)(H,56,67)(H,57,68)(H,58,65)(H,60,61)(H4,46,47,49)/t29-,30+,31-,32-,33-,34-,35-/m0/s1. The van der Waals surface area contributed by atoms with Crippen LogP contribution < -0.4 is 54.4 Å². The number of carboxylic acid groups (broad SMARTS) is 1. The van der Waals surface area contributed by atoms with E-state index in [4.69, 9.17) is 17.2 Å². The van der Waals surface area contributed by atoms with Crippen LogP contribution in [0.4, 0.5) is 0 Å². The number of carbonyl (C=O) groups excluding carboxylic acids is 8. The minimum Gasteiger partial charge on any atom is -0.481 e. The Labute approximate surface area is 412 Å². The molecule has 70 heavy (non-hydrogen) atoms. The number of nitrogens with two attached hydrogens (primary N) is 3. The van der Waals surface area contributed by atoms with Crippen molar-refractivity contribution in [2.75, 3.05) is 18.1 Å². The number of hydrogen-bond donors (Lipinski definition) is 15. The van der Waals surface area contributed by atoms with Gasteiger partial charge in [-0.2, -0.15) is 25.3 Å². The summed E-state index contributed by atoms with van der Waals surface area (Å²) in [5.41, 5.74) is 18.9. The second kappa shape index (κ2) is 27.4. The zero-order chi connectivity index (χ0) is 51.3. The molecule has 376 valence electrons. The van der Waals surface area contributed by atoms with E-state index in [1.807, 2.05) is 18.2 Å². The van der Waals surface area contributed by atoms with Crippen molar-refractivity contribution in [3.05, 3.63) is 90.1 Å². The number of rotatable bonds is 28. The second-order valence-electron chi connectivity index (χ2n) is 16.0. The highest BCUT2D eigenvalue weighted by atomic mass is 32.1. The first-order valence-corrected chi connectivity index (χ1v) is 23.1. The number of nitrogens with zero attached hydrogens (tertiary/aromatic N) is 2. The van der Waals surface area contributed by atoms with Crippen LogP contribution in [0.15, 0.2) is 78.3 Å². The molecule has 2 heterocycles. The van der Waals surface area contributed by atoms with E-state index in [9.17, 15) is 48.3 Å². The fourth-order valence-electron chi connectivity index (χ4n) is 7.05. The van der Waals surface area contributed by atoms with Gasteiger partial charge in [-0.15, -0.1) is 0 Å². The summed E-state index contributed by atoms with van der Waals surface area (Å²) < 4.78 is 0. The van der Waals surface area contributed by atoms with Crippen molar-refractivity contribution < 1.29 is 48.3 Å². The topological polar surface area (TPSA) is 393 Å². The number of guanidine groups is 1. The third-order valence-electron chi connectivity index (χ3n) is 10.6. The number of amides is 8. The van der Waals surface area contributed by atoms with Gasteiger partial charge in [0.25, 0.3) is 0 Å². The van der Waals surface area contributed by atoms with E-state index >= 15 is 0 Å². The Hall–Kier alpha value is -7.61. The quantitative estimate of drug-likeness (QED) is 0.0119. The van der Waals surface area contributed by atoms with E-state index in [0.717, 1.165) is 17.8 Å². The van der Waals surface area contributed by atoms with Gasteiger partial charge in [-0.25, -0.2) is 4.98 Å². The molecule has 4 aromatic rings. The Balaban J connectivity index is 1.67. The summed E-state index contributed by atoms with van der Waals surface area (Å²) in [5, 5.41) is 28.1. The Kier molecular flexibility index (Phi) is 21.5. The van der Waals surface area contributed by atoms with E-state index < -0.39 is 102 Å². The molecule has 0 saturated heterocycles. The number of aliphatic carboxylic acids is 1. The number of thiol groups is 2. The molecule has 16 N–H and O–H groups in total. The first-order chi connectivity index (χ1) is 33.4. The van der Waals surface area contributed by atoms with E-state index in [1.54, 1.807) is 42.6 Å². The van der Waals surface area contributed by atoms with Gasteiger partial charge in [0.05, 0.1) is 12.7 Å². The van der Waals surface area contributed by atoms with E-state index in [2.05, 4.69) is 82.4 Å². The van der Waals surface area contributed by atoms with Gasteiger partial charge in [-0.3, -0.25) is 48.1 Å². The molecule has 2 aromatic heterocycles. The molecule has 0 unspecified atom stereocenters. The summed E-state index contributed by atoms with van der Waals surface area (Å²) in [6.45, 7) is 1.19. The second-order valence-corrected chi connectivity index (χ2v) is 16.7. The summed E-state index contributed by atoms with van der Waals surface area (Å²) in [5.74, 6) is -8.94. The summed E-state index contributed by atoms with van der Waals surface area (Å²) in [7, 11) is 0. The Bertz CT molecular complexity index is 2490. The zero-order valence-electron chi connectivity index (χ0n) is 38.0. The van der Waals surface area contributed by atoms with Crippen molar-refractivity contribution in [1.82, 2.24) is 52.2 Å². The smallest absolute Gasteiger partial charge is 0.305 e. The molecule has 7 atom stereocenters. The minimum atomic E-state index is -1.75. The number of nitrogens with one attached hydrogen (secondary N) is 9. The van der Waals surface area contributed by atoms with Crippen molar-refractivity contribution in [1.29, 1.82) is 0 Å². The molecule has 0 radical (unpaired) electrons. The van der Waals surface area contributed by atoms with Crippen LogP contribution in [0.1, 0.15) is 43.0 Å². The number of aromatic nitrogens is 3.